The fourth-order valence-electron chi connectivity index (χ4n) is 3.57. The van der Waals surface area contributed by atoms with Gasteiger partial charge in [0, 0.05) is 32.7 Å². The van der Waals surface area contributed by atoms with Crippen molar-refractivity contribution in [2.24, 2.45) is 0 Å². The summed E-state index contributed by atoms with van der Waals surface area (Å²) in [5.74, 6) is 0.0581. The van der Waals surface area contributed by atoms with Gasteiger partial charge in [0.2, 0.25) is 0 Å². The molecule has 8 heteroatoms. The van der Waals surface area contributed by atoms with Crippen LogP contribution in [0.3, 0.4) is 0 Å². The molecule has 0 aliphatic carbocycles. The zero-order valence-electron chi connectivity index (χ0n) is 17.3. The average Bonchev–Trinajstić information content (AvgIpc) is 3.00. The Morgan fingerprint density at radius 1 is 1.28 bits per heavy atom. The van der Waals surface area contributed by atoms with Crippen molar-refractivity contribution < 1.29 is 18.4 Å². The van der Waals surface area contributed by atoms with Crippen molar-refractivity contribution in [3.8, 4) is 17.1 Å². The molecule has 1 fully saturated rings. The molecule has 29 heavy (non-hydrogen) atoms. The number of hydrogen-bond acceptors (Lipinski definition) is 6. The second-order valence-corrected chi connectivity index (χ2v) is 7.47. The minimum atomic E-state index is -0.480. The maximum absolute atomic E-state index is 13.8. The summed E-state index contributed by atoms with van der Waals surface area (Å²) in [6.45, 7) is 3.51. The molecule has 7 nitrogen and oxygen atoms in total. The molecule has 0 atom stereocenters. The van der Waals surface area contributed by atoms with Gasteiger partial charge in [-0.25, -0.2) is 4.39 Å². The maximum atomic E-state index is 13.8. The summed E-state index contributed by atoms with van der Waals surface area (Å²) in [7, 11) is 4.98. The lowest BCUT2D eigenvalue weighted by molar-refractivity contribution is 0.0949. The van der Waals surface area contributed by atoms with Crippen molar-refractivity contribution in [3.05, 3.63) is 29.6 Å². The number of anilines is 1. The van der Waals surface area contributed by atoms with E-state index in [0.717, 1.165) is 19.6 Å². The third kappa shape index (κ3) is 5.06. The molecule has 0 saturated carbocycles. The number of rotatable bonds is 7. The quantitative estimate of drug-likeness (QED) is 0.764. The minimum absolute atomic E-state index is 0.0813. The van der Waals surface area contributed by atoms with E-state index in [1.807, 2.05) is 0 Å². The lowest BCUT2D eigenvalue weighted by atomic mass is 10.1. The van der Waals surface area contributed by atoms with E-state index in [1.54, 1.807) is 25.1 Å². The van der Waals surface area contributed by atoms with Gasteiger partial charge in [-0.2, -0.15) is 0 Å². The number of ether oxygens (including phenoxy) is 1. The molecule has 1 saturated heterocycles. The third-order valence-electron chi connectivity index (χ3n) is 5.15. The van der Waals surface area contributed by atoms with E-state index in [4.69, 9.17) is 9.26 Å². The van der Waals surface area contributed by atoms with Crippen LogP contribution in [0.2, 0.25) is 0 Å². The van der Waals surface area contributed by atoms with E-state index in [1.165, 1.54) is 44.9 Å². The molecule has 3 rings (SSSR count). The van der Waals surface area contributed by atoms with Crippen molar-refractivity contribution in [1.82, 2.24) is 15.4 Å². The smallest absolute Gasteiger partial charge is 0.259 e. The predicted molar refractivity (Wildman–Crippen MR) is 110 cm³/mol. The highest BCUT2D eigenvalue weighted by molar-refractivity contribution is 6.04. The molecule has 1 aliphatic rings. The normalized spacial score (nSPS) is 15.0. The van der Waals surface area contributed by atoms with Crippen LogP contribution >= 0.6 is 0 Å². The first-order valence-corrected chi connectivity index (χ1v) is 10.0. The number of nitrogens with zero attached hydrogens (tertiary/aromatic N) is 3. The number of likely N-dealkylation sites (tertiary alicyclic amines) is 1. The van der Waals surface area contributed by atoms with Crippen LogP contribution in [-0.4, -0.2) is 63.3 Å². The predicted octanol–water partition coefficient (Wildman–Crippen LogP) is 3.16. The number of benzene rings is 1. The molecule has 1 aromatic carbocycles. The first kappa shape index (κ1) is 21.1. The lowest BCUT2D eigenvalue weighted by Gasteiger charge is -2.20. The monoisotopic (exact) mass is 404 g/mol. The Morgan fingerprint density at radius 3 is 2.66 bits per heavy atom. The SMILES string of the molecule is COc1cc(-c2onc(N(C)C)c2C(=O)NCCN2CCCCCC2)ccc1F. The van der Waals surface area contributed by atoms with Gasteiger partial charge in [-0.3, -0.25) is 4.79 Å². The average molecular weight is 404 g/mol. The van der Waals surface area contributed by atoms with Crippen molar-refractivity contribution >= 4 is 11.7 Å². The zero-order valence-corrected chi connectivity index (χ0v) is 17.3. The van der Waals surface area contributed by atoms with Gasteiger partial charge >= 0.3 is 0 Å². The molecule has 0 spiro atoms. The number of carbonyl (C=O) groups is 1. The number of hydrogen-bond donors (Lipinski definition) is 1. The molecule has 1 N–H and O–H groups in total. The molecular weight excluding hydrogens is 375 g/mol. The van der Waals surface area contributed by atoms with Crippen LogP contribution in [0.4, 0.5) is 10.2 Å². The molecule has 0 bridgehead atoms. The number of methoxy groups -OCH3 is 1. The van der Waals surface area contributed by atoms with E-state index in [2.05, 4.69) is 15.4 Å². The van der Waals surface area contributed by atoms with E-state index >= 15 is 0 Å². The highest BCUT2D eigenvalue weighted by Gasteiger charge is 2.26. The number of amides is 1. The fourth-order valence-corrected chi connectivity index (χ4v) is 3.57. The first-order chi connectivity index (χ1) is 14.0. The second kappa shape index (κ2) is 9.73. The van der Waals surface area contributed by atoms with Gasteiger partial charge in [0.25, 0.3) is 5.91 Å². The number of halogens is 1. The van der Waals surface area contributed by atoms with Gasteiger partial charge in [0.1, 0.15) is 5.56 Å². The highest BCUT2D eigenvalue weighted by Crippen LogP contribution is 2.33. The van der Waals surface area contributed by atoms with Crippen LogP contribution < -0.4 is 15.0 Å². The van der Waals surface area contributed by atoms with Crippen LogP contribution in [-0.2, 0) is 0 Å². The van der Waals surface area contributed by atoms with Crippen LogP contribution in [0.15, 0.2) is 22.7 Å². The summed E-state index contributed by atoms with van der Waals surface area (Å²) in [4.78, 5) is 17.1. The van der Waals surface area contributed by atoms with Gasteiger partial charge in [-0.05, 0) is 44.1 Å². The summed E-state index contributed by atoms with van der Waals surface area (Å²) in [6, 6.07) is 4.34. The van der Waals surface area contributed by atoms with E-state index in [-0.39, 0.29) is 11.7 Å². The Balaban J connectivity index is 1.78. The summed E-state index contributed by atoms with van der Waals surface area (Å²) in [5.41, 5.74) is 0.862. The zero-order chi connectivity index (χ0) is 20.8. The van der Waals surface area contributed by atoms with Crippen molar-refractivity contribution in [3.63, 3.8) is 0 Å². The van der Waals surface area contributed by atoms with Crippen molar-refractivity contribution in [2.45, 2.75) is 25.7 Å². The molecule has 2 aromatic rings. The number of carbonyl (C=O) groups excluding carboxylic acids is 1. The number of aromatic nitrogens is 1. The van der Waals surface area contributed by atoms with E-state index in [0.29, 0.717) is 29.2 Å². The van der Waals surface area contributed by atoms with Gasteiger partial charge in [-0.1, -0.05) is 18.0 Å². The molecule has 1 aromatic heterocycles. The van der Waals surface area contributed by atoms with Crippen molar-refractivity contribution in [2.75, 3.05) is 52.3 Å². The third-order valence-corrected chi connectivity index (χ3v) is 5.15. The molecule has 0 radical (unpaired) electrons. The van der Waals surface area contributed by atoms with Gasteiger partial charge in [0.15, 0.2) is 23.1 Å². The molecule has 1 amide bonds. The van der Waals surface area contributed by atoms with Crippen LogP contribution in [0, 0.1) is 5.82 Å². The van der Waals surface area contributed by atoms with E-state index in [9.17, 15) is 9.18 Å². The Hall–Kier alpha value is -2.61. The van der Waals surface area contributed by atoms with Crippen LogP contribution in [0.1, 0.15) is 36.0 Å². The molecule has 2 heterocycles. The maximum Gasteiger partial charge on any atom is 0.259 e. The molecule has 1 aliphatic heterocycles. The Labute approximate surface area is 170 Å². The summed E-state index contributed by atoms with van der Waals surface area (Å²) in [5, 5.41) is 7.03. The van der Waals surface area contributed by atoms with Gasteiger partial charge in [0.05, 0.1) is 7.11 Å². The summed E-state index contributed by atoms with van der Waals surface area (Å²) >= 11 is 0. The standard InChI is InChI=1S/C21H29FN4O3/c1-25(2)20-18(21(27)23-10-13-26-11-6-4-5-7-12-26)19(29-24-20)15-8-9-16(22)17(14-15)28-3/h8-9,14H,4-7,10-13H2,1-3H3,(H,23,27). The molecular formula is C21H29FN4O3. The van der Waals surface area contributed by atoms with Gasteiger partial charge in [-0.15, -0.1) is 0 Å². The van der Waals surface area contributed by atoms with Gasteiger partial charge < -0.3 is 24.4 Å². The molecule has 158 valence electrons. The Bertz CT molecular complexity index is 829. The topological polar surface area (TPSA) is 70.8 Å². The highest BCUT2D eigenvalue weighted by atomic mass is 19.1. The lowest BCUT2D eigenvalue weighted by Crippen LogP contribution is -2.36. The van der Waals surface area contributed by atoms with E-state index < -0.39 is 5.82 Å². The fraction of sp³-hybridized carbons (Fsp3) is 0.524. The summed E-state index contributed by atoms with van der Waals surface area (Å²) < 4.78 is 24.3. The number of nitrogens with one attached hydrogen (secondary N) is 1. The summed E-state index contributed by atoms with van der Waals surface area (Å²) in [6.07, 6.45) is 4.97. The Morgan fingerprint density at radius 2 is 2.00 bits per heavy atom. The second-order valence-electron chi connectivity index (χ2n) is 7.47. The first-order valence-electron chi connectivity index (χ1n) is 10.0. The van der Waals surface area contributed by atoms with Crippen molar-refractivity contribution in [1.29, 1.82) is 0 Å². The van der Waals surface area contributed by atoms with Crippen LogP contribution in [0.25, 0.3) is 11.3 Å². The van der Waals surface area contributed by atoms with Crippen LogP contribution in [0.5, 0.6) is 5.75 Å². The largest absolute Gasteiger partial charge is 0.494 e. The molecule has 0 unspecified atom stereocenters. The Kier molecular flexibility index (Phi) is 7.09. The minimum Gasteiger partial charge on any atom is -0.494 e.